The van der Waals surface area contributed by atoms with Crippen molar-refractivity contribution in [1.29, 1.82) is 0 Å². The highest BCUT2D eigenvalue weighted by Crippen LogP contribution is 2.22. The van der Waals surface area contributed by atoms with E-state index >= 15 is 0 Å². The fourth-order valence-corrected chi connectivity index (χ4v) is 2.39. The maximum atomic E-state index is 12.0. The maximum absolute atomic E-state index is 12.0. The minimum atomic E-state index is -0.00966. The molecule has 0 fully saturated rings. The summed E-state index contributed by atoms with van der Waals surface area (Å²) in [6, 6.07) is 13.4. The van der Waals surface area contributed by atoms with Crippen molar-refractivity contribution in [3.63, 3.8) is 0 Å². The van der Waals surface area contributed by atoms with E-state index in [-0.39, 0.29) is 11.8 Å². The van der Waals surface area contributed by atoms with Crippen LogP contribution < -0.4 is 5.32 Å². The summed E-state index contributed by atoms with van der Waals surface area (Å²) in [6.45, 7) is 1.97. The molecule has 0 aliphatic carbocycles. The highest BCUT2D eigenvalue weighted by atomic mass is 16.2. The fraction of sp³-hybridized carbons (Fsp3) is 0.300. The van der Waals surface area contributed by atoms with Crippen molar-refractivity contribution in [3.8, 4) is 0 Å². The van der Waals surface area contributed by atoms with Crippen molar-refractivity contribution < 1.29 is 9.59 Å². The number of carbonyl (C=O) groups is 2. The molecule has 0 spiro atoms. The molecule has 0 atom stereocenters. The van der Waals surface area contributed by atoms with Crippen molar-refractivity contribution in [2.75, 3.05) is 33.5 Å². The van der Waals surface area contributed by atoms with Gasteiger partial charge in [0.25, 0.3) is 5.91 Å². The Kier molecular flexibility index (Phi) is 5.80. The summed E-state index contributed by atoms with van der Waals surface area (Å²) in [5, 5.41) is 3.35. The number of carbonyl (C=O) groups excluding carboxylic acids is 2. The van der Waals surface area contributed by atoms with Crippen LogP contribution in [0.3, 0.4) is 0 Å². The summed E-state index contributed by atoms with van der Waals surface area (Å²) >= 11 is 0. The Labute approximate surface area is 149 Å². The van der Waals surface area contributed by atoms with Gasteiger partial charge in [-0.3, -0.25) is 9.59 Å². The Morgan fingerprint density at radius 2 is 1.56 bits per heavy atom. The molecule has 0 saturated carbocycles. The zero-order valence-corrected chi connectivity index (χ0v) is 15.5. The lowest BCUT2D eigenvalue weighted by Crippen LogP contribution is -2.23. The summed E-state index contributed by atoms with van der Waals surface area (Å²) in [7, 11) is 7.00. The van der Waals surface area contributed by atoms with E-state index in [1.165, 1.54) is 0 Å². The molecule has 2 aromatic carbocycles. The van der Waals surface area contributed by atoms with E-state index in [1.807, 2.05) is 49.4 Å². The first-order chi connectivity index (χ1) is 11.8. The molecule has 0 aliphatic rings. The second-order valence-electron chi connectivity index (χ2n) is 6.52. The lowest BCUT2D eigenvalue weighted by atomic mass is 10.1. The Morgan fingerprint density at radius 3 is 2.08 bits per heavy atom. The molecule has 1 N–H and O–H groups in total. The molecule has 2 aromatic rings. The molecule has 0 heterocycles. The van der Waals surface area contributed by atoms with Crippen molar-refractivity contribution in [1.82, 2.24) is 9.80 Å². The van der Waals surface area contributed by atoms with Crippen LogP contribution in [-0.4, -0.2) is 49.8 Å². The van der Waals surface area contributed by atoms with Crippen LogP contribution in [0.15, 0.2) is 42.5 Å². The second kappa shape index (κ2) is 7.83. The van der Waals surface area contributed by atoms with Gasteiger partial charge < -0.3 is 15.1 Å². The lowest BCUT2D eigenvalue weighted by Gasteiger charge is -2.14. The minimum absolute atomic E-state index is 0.00966. The number of hydrogen-bond donors (Lipinski definition) is 1. The zero-order chi connectivity index (χ0) is 18.6. The molecule has 5 heteroatoms. The monoisotopic (exact) mass is 339 g/mol. The average Bonchev–Trinajstić information content (AvgIpc) is 2.57. The van der Waals surface area contributed by atoms with Gasteiger partial charge in [0.15, 0.2) is 0 Å². The number of aryl methyl sites for hydroxylation is 1. The van der Waals surface area contributed by atoms with Gasteiger partial charge in [0.1, 0.15) is 0 Å². The van der Waals surface area contributed by atoms with Crippen LogP contribution in [0.4, 0.5) is 11.4 Å². The first-order valence-corrected chi connectivity index (χ1v) is 8.16. The van der Waals surface area contributed by atoms with Gasteiger partial charge in [-0.1, -0.05) is 12.1 Å². The van der Waals surface area contributed by atoms with E-state index in [4.69, 9.17) is 0 Å². The number of likely N-dealkylation sites (N-methyl/N-ethyl adjacent to an activating group) is 1. The normalized spacial score (nSPS) is 10.3. The molecule has 25 heavy (non-hydrogen) atoms. The Hall–Kier alpha value is -2.82. The molecule has 0 radical (unpaired) electrons. The third kappa shape index (κ3) is 4.83. The summed E-state index contributed by atoms with van der Waals surface area (Å²) in [5.74, 6) is 0.0715. The van der Waals surface area contributed by atoms with Crippen LogP contribution in [0.5, 0.6) is 0 Å². The van der Waals surface area contributed by atoms with Gasteiger partial charge in [-0.15, -0.1) is 0 Å². The van der Waals surface area contributed by atoms with E-state index < -0.39 is 0 Å². The second-order valence-corrected chi connectivity index (χ2v) is 6.52. The fourth-order valence-electron chi connectivity index (χ4n) is 2.39. The van der Waals surface area contributed by atoms with E-state index in [0.717, 1.165) is 22.5 Å². The van der Waals surface area contributed by atoms with E-state index in [2.05, 4.69) is 5.32 Å². The molecule has 0 bridgehead atoms. The Bertz CT molecular complexity index is 765. The van der Waals surface area contributed by atoms with E-state index in [0.29, 0.717) is 12.0 Å². The van der Waals surface area contributed by atoms with Gasteiger partial charge in [-0.2, -0.15) is 0 Å². The van der Waals surface area contributed by atoms with Crippen LogP contribution in [0.1, 0.15) is 21.5 Å². The van der Waals surface area contributed by atoms with Crippen molar-refractivity contribution >= 4 is 23.2 Å². The molecular weight excluding hydrogens is 314 g/mol. The SMILES string of the molecule is Cc1cc(C(=O)N(C)C)ccc1Nc1ccc(CC(=O)N(C)C)cc1. The molecule has 0 aliphatic heterocycles. The number of benzene rings is 2. The molecule has 132 valence electrons. The summed E-state index contributed by atoms with van der Waals surface area (Å²) in [5.41, 5.74) is 4.54. The number of nitrogens with zero attached hydrogens (tertiary/aromatic N) is 2. The van der Waals surface area contributed by atoms with Crippen LogP contribution in [-0.2, 0) is 11.2 Å². The van der Waals surface area contributed by atoms with Crippen LogP contribution in [0.2, 0.25) is 0 Å². The average molecular weight is 339 g/mol. The van der Waals surface area contributed by atoms with Gasteiger partial charge in [0.2, 0.25) is 5.91 Å². The minimum Gasteiger partial charge on any atom is -0.355 e. The first kappa shape index (κ1) is 18.5. The van der Waals surface area contributed by atoms with Crippen LogP contribution >= 0.6 is 0 Å². The third-order valence-electron chi connectivity index (χ3n) is 3.97. The van der Waals surface area contributed by atoms with Gasteiger partial charge in [0, 0.05) is 45.1 Å². The molecule has 0 unspecified atom stereocenters. The largest absolute Gasteiger partial charge is 0.355 e. The van der Waals surface area contributed by atoms with Gasteiger partial charge in [-0.25, -0.2) is 0 Å². The van der Waals surface area contributed by atoms with Crippen LogP contribution in [0.25, 0.3) is 0 Å². The predicted molar refractivity (Wildman–Crippen MR) is 101 cm³/mol. The zero-order valence-electron chi connectivity index (χ0n) is 15.5. The highest BCUT2D eigenvalue weighted by molar-refractivity contribution is 5.94. The smallest absolute Gasteiger partial charge is 0.253 e. The summed E-state index contributed by atoms with van der Waals surface area (Å²) in [6.07, 6.45) is 0.396. The number of nitrogens with one attached hydrogen (secondary N) is 1. The molecule has 0 aromatic heterocycles. The predicted octanol–water partition coefficient (Wildman–Crippen LogP) is 3.07. The third-order valence-corrected chi connectivity index (χ3v) is 3.97. The maximum Gasteiger partial charge on any atom is 0.253 e. The quantitative estimate of drug-likeness (QED) is 0.911. The molecular formula is C20H25N3O2. The number of amides is 2. The van der Waals surface area contributed by atoms with E-state index in [9.17, 15) is 9.59 Å². The van der Waals surface area contributed by atoms with Gasteiger partial charge in [0.05, 0.1) is 6.42 Å². The number of anilines is 2. The van der Waals surface area contributed by atoms with E-state index in [1.54, 1.807) is 38.0 Å². The standard InChI is InChI=1S/C20H25N3O2/c1-14-12-16(20(25)23(4)5)8-11-18(14)21-17-9-6-15(7-10-17)13-19(24)22(2)3/h6-12,21H,13H2,1-5H3. The molecule has 5 nitrogen and oxygen atoms in total. The van der Waals surface area contributed by atoms with Gasteiger partial charge >= 0.3 is 0 Å². The van der Waals surface area contributed by atoms with Crippen LogP contribution in [0, 0.1) is 6.92 Å². The Morgan fingerprint density at radius 1 is 0.920 bits per heavy atom. The topological polar surface area (TPSA) is 52.7 Å². The van der Waals surface area contributed by atoms with Crippen molar-refractivity contribution in [3.05, 3.63) is 59.2 Å². The molecule has 2 amide bonds. The highest BCUT2D eigenvalue weighted by Gasteiger charge is 2.10. The van der Waals surface area contributed by atoms with Gasteiger partial charge in [-0.05, 0) is 48.4 Å². The first-order valence-electron chi connectivity index (χ1n) is 8.16. The van der Waals surface area contributed by atoms with Crippen molar-refractivity contribution in [2.45, 2.75) is 13.3 Å². The van der Waals surface area contributed by atoms with Crippen molar-refractivity contribution in [2.24, 2.45) is 0 Å². The molecule has 2 rings (SSSR count). The summed E-state index contributed by atoms with van der Waals surface area (Å²) < 4.78 is 0. The number of hydrogen-bond acceptors (Lipinski definition) is 3. The molecule has 0 saturated heterocycles. The Balaban J connectivity index is 2.09. The summed E-state index contributed by atoms with van der Waals surface area (Å²) in [4.78, 5) is 26.9. The number of rotatable bonds is 5. The lowest BCUT2D eigenvalue weighted by molar-refractivity contribution is -0.127.